The van der Waals surface area contributed by atoms with Crippen molar-refractivity contribution in [1.82, 2.24) is 9.80 Å². The molecule has 2 aliphatic heterocycles. The van der Waals surface area contributed by atoms with Crippen molar-refractivity contribution in [2.75, 3.05) is 13.1 Å². The maximum Gasteiger partial charge on any atom is 0.224 e. The lowest BCUT2D eigenvalue weighted by Gasteiger charge is -2.22. The Labute approximate surface area is 127 Å². The van der Waals surface area contributed by atoms with E-state index in [1.165, 1.54) is 0 Å². The first-order chi connectivity index (χ1) is 9.53. The van der Waals surface area contributed by atoms with Crippen LogP contribution in [0.25, 0.3) is 0 Å². The summed E-state index contributed by atoms with van der Waals surface area (Å²) in [5, 5.41) is 0. The molecule has 0 aliphatic carbocycles. The molecule has 0 unspecified atom stereocenters. The summed E-state index contributed by atoms with van der Waals surface area (Å²) in [7, 11) is 0. The van der Waals surface area contributed by atoms with Crippen LogP contribution in [0.4, 0.5) is 0 Å². The second-order valence-electron chi connectivity index (χ2n) is 7.05. The van der Waals surface area contributed by atoms with Crippen LogP contribution in [-0.4, -0.2) is 58.4 Å². The standard InChI is InChI=1S/C8H16N2O.C7H14N2O/c1-6(2)10-5-8(3,9)4-7(10)11;1-5(2)9-4-6(8)3-7(9)10/h6H,4-5,9H2,1-3H3;5-6H,3-4,8H2,1-2H3/t8-;6-/m00/s1. The summed E-state index contributed by atoms with van der Waals surface area (Å²) < 4.78 is 0. The smallest absolute Gasteiger partial charge is 0.224 e. The molecule has 2 fully saturated rings. The molecule has 0 spiro atoms. The molecular weight excluding hydrogens is 268 g/mol. The maximum absolute atomic E-state index is 11.3. The Hall–Kier alpha value is -1.14. The van der Waals surface area contributed by atoms with E-state index in [0.29, 0.717) is 25.4 Å². The average Bonchev–Trinajstić information content (AvgIpc) is 2.78. The predicted octanol–water partition coefficient (Wildman–Crippen LogP) is 0.299. The highest BCUT2D eigenvalue weighted by Gasteiger charge is 2.37. The number of rotatable bonds is 2. The number of carbonyl (C=O) groups is 2. The van der Waals surface area contributed by atoms with E-state index >= 15 is 0 Å². The largest absolute Gasteiger partial charge is 0.339 e. The third-order valence-corrected chi connectivity index (χ3v) is 3.84. The zero-order valence-corrected chi connectivity index (χ0v) is 13.9. The number of nitrogens with two attached hydrogens (primary N) is 2. The lowest BCUT2D eigenvalue weighted by atomic mass is 10.0. The number of carbonyl (C=O) groups excluding carboxylic acids is 2. The average molecular weight is 298 g/mol. The van der Waals surface area contributed by atoms with Gasteiger partial charge in [0.1, 0.15) is 0 Å². The summed E-state index contributed by atoms with van der Waals surface area (Å²) in [5.74, 6) is 0.382. The van der Waals surface area contributed by atoms with E-state index in [0.717, 1.165) is 6.54 Å². The van der Waals surface area contributed by atoms with Gasteiger partial charge in [-0.25, -0.2) is 0 Å². The van der Waals surface area contributed by atoms with Gasteiger partial charge in [-0.1, -0.05) is 0 Å². The van der Waals surface area contributed by atoms with Crippen LogP contribution in [0.2, 0.25) is 0 Å². The second kappa shape index (κ2) is 6.75. The zero-order chi connectivity index (χ0) is 16.4. The molecule has 0 radical (unpaired) electrons. The first-order valence-corrected chi connectivity index (χ1v) is 7.67. The Kier molecular flexibility index (Phi) is 5.75. The van der Waals surface area contributed by atoms with Crippen molar-refractivity contribution < 1.29 is 9.59 Å². The van der Waals surface area contributed by atoms with Crippen molar-refractivity contribution in [1.29, 1.82) is 0 Å². The van der Waals surface area contributed by atoms with Crippen molar-refractivity contribution in [2.24, 2.45) is 11.5 Å². The first-order valence-electron chi connectivity index (χ1n) is 7.67. The Morgan fingerprint density at radius 1 is 1.10 bits per heavy atom. The Balaban J connectivity index is 0.000000211. The van der Waals surface area contributed by atoms with Gasteiger partial charge in [-0.3, -0.25) is 9.59 Å². The molecule has 21 heavy (non-hydrogen) atoms. The minimum Gasteiger partial charge on any atom is -0.339 e. The fourth-order valence-corrected chi connectivity index (χ4v) is 2.71. The van der Waals surface area contributed by atoms with Crippen LogP contribution < -0.4 is 11.5 Å². The summed E-state index contributed by atoms with van der Waals surface area (Å²) in [6, 6.07) is 0.656. The van der Waals surface area contributed by atoms with E-state index in [9.17, 15) is 9.59 Å². The van der Waals surface area contributed by atoms with Gasteiger partial charge in [0.05, 0.1) is 0 Å². The molecule has 6 nitrogen and oxygen atoms in total. The van der Waals surface area contributed by atoms with Gasteiger partial charge in [0.15, 0.2) is 0 Å². The van der Waals surface area contributed by atoms with Crippen LogP contribution >= 0.6 is 0 Å². The molecule has 2 rings (SSSR count). The van der Waals surface area contributed by atoms with Crippen LogP contribution in [-0.2, 0) is 9.59 Å². The van der Waals surface area contributed by atoms with Gasteiger partial charge in [-0.2, -0.15) is 0 Å². The van der Waals surface area contributed by atoms with Crippen molar-refractivity contribution in [3.63, 3.8) is 0 Å². The Morgan fingerprint density at radius 2 is 1.62 bits per heavy atom. The third-order valence-electron chi connectivity index (χ3n) is 3.84. The summed E-state index contributed by atoms with van der Waals surface area (Å²) in [6.45, 7) is 11.4. The Morgan fingerprint density at radius 3 is 1.81 bits per heavy atom. The van der Waals surface area contributed by atoms with Gasteiger partial charge < -0.3 is 21.3 Å². The van der Waals surface area contributed by atoms with Gasteiger partial charge >= 0.3 is 0 Å². The minimum absolute atomic E-state index is 0.0647. The highest BCUT2D eigenvalue weighted by molar-refractivity contribution is 5.80. The van der Waals surface area contributed by atoms with Crippen LogP contribution in [0.5, 0.6) is 0 Å². The number of amides is 2. The van der Waals surface area contributed by atoms with Crippen molar-refractivity contribution in [3.05, 3.63) is 0 Å². The van der Waals surface area contributed by atoms with Gasteiger partial charge in [0.25, 0.3) is 0 Å². The molecule has 6 heteroatoms. The molecule has 0 aromatic heterocycles. The van der Waals surface area contributed by atoms with Gasteiger partial charge in [0.2, 0.25) is 11.8 Å². The molecule has 2 aliphatic rings. The first kappa shape index (κ1) is 17.9. The van der Waals surface area contributed by atoms with Crippen LogP contribution in [0.3, 0.4) is 0 Å². The lowest BCUT2D eigenvalue weighted by Crippen LogP contribution is -2.41. The normalized spacial score (nSPS) is 29.5. The summed E-state index contributed by atoms with van der Waals surface area (Å²) in [5.41, 5.74) is 11.1. The fraction of sp³-hybridized carbons (Fsp3) is 0.867. The third kappa shape index (κ3) is 4.97. The van der Waals surface area contributed by atoms with E-state index in [2.05, 4.69) is 0 Å². The molecular formula is C15H30N4O2. The van der Waals surface area contributed by atoms with E-state index in [-0.39, 0.29) is 29.4 Å². The van der Waals surface area contributed by atoms with Crippen molar-refractivity contribution in [3.8, 4) is 0 Å². The van der Waals surface area contributed by atoms with Gasteiger partial charge in [-0.15, -0.1) is 0 Å². The number of likely N-dealkylation sites (tertiary alicyclic amines) is 2. The van der Waals surface area contributed by atoms with Gasteiger partial charge in [0, 0.05) is 49.6 Å². The van der Waals surface area contributed by atoms with E-state index < -0.39 is 0 Å². The molecule has 0 bridgehead atoms. The zero-order valence-electron chi connectivity index (χ0n) is 13.9. The molecule has 0 aromatic carbocycles. The van der Waals surface area contributed by atoms with Crippen LogP contribution in [0.15, 0.2) is 0 Å². The topological polar surface area (TPSA) is 92.7 Å². The second-order valence-corrected chi connectivity index (χ2v) is 7.05. The number of nitrogens with zero attached hydrogens (tertiary/aromatic N) is 2. The Bertz CT molecular complexity index is 393. The highest BCUT2D eigenvalue weighted by Crippen LogP contribution is 2.20. The molecule has 2 saturated heterocycles. The SMILES string of the molecule is CC(C)N1C[C@@H](N)CC1=O.CC(C)N1C[C@@](C)(N)CC1=O. The van der Waals surface area contributed by atoms with Crippen LogP contribution in [0, 0.1) is 0 Å². The molecule has 0 aromatic rings. The maximum atomic E-state index is 11.3. The van der Waals surface area contributed by atoms with E-state index in [1.807, 2.05) is 44.4 Å². The van der Waals surface area contributed by atoms with Crippen molar-refractivity contribution in [2.45, 2.75) is 71.1 Å². The monoisotopic (exact) mass is 298 g/mol. The van der Waals surface area contributed by atoms with Crippen LogP contribution in [0.1, 0.15) is 47.5 Å². The lowest BCUT2D eigenvalue weighted by molar-refractivity contribution is -0.129. The van der Waals surface area contributed by atoms with E-state index in [1.54, 1.807) is 0 Å². The molecule has 2 heterocycles. The number of hydrogen-bond donors (Lipinski definition) is 2. The molecule has 2 amide bonds. The molecule has 4 N–H and O–H groups in total. The predicted molar refractivity (Wildman–Crippen MR) is 83.5 cm³/mol. The minimum atomic E-state index is -0.304. The van der Waals surface area contributed by atoms with Gasteiger partial charge in [-0.05, 0) is 34.6 Å². The fourth-order valence-electron chi connectivity index (χ4n) is 2.71. The van der Waals surface area contributed by atoms with E-state index in [4.69, 9.17) is 11.5 Å². The summed E-state index contributed by atoms with van der Waals surface area (Å²) >= 11 is 0. The molecule has 2 atom stereocenters. The summed E-state index contributed by atoms with van der Waals surface area (Å²) in [4.78, 5) is 26.0. The number of hydrogen-bond acceptors (Lipinski definition) is 4. The highest BCUT2D eigenvalue weighted by atomic mass is 16.2. The molecule has 122 valence electrons. The van der Waals surface area contributed by atoms with Crippen molar-refractivity contribution >= 4 is 11.8 Å². The summed E-state index contributed by atoms with van der Waals surface area (Å²) in [6.07, 6.45) is 1.02. The molecule has 0 saturated carbocycles. The quantitative estimate of drug-likeness (QED) is 0.767.